The Hall–Kier alpha value is -2.93. The first-order chi connectivity index (χ1) is 14.8. The van der Waals surface area contributed by atoms with Crippen molar-refractivity contribution in [2.45, 2.75) is 19.1 Å². The second-order valence-corrected chi connectivity index (χ2v) is 10.1. The molecule has 0 spiro atoms. The second-order valence-electron chi connectivity index (χ2n) is 7.77. The van der Waals surface area contributed by atoms with E-state index >= 15 is 0 Å². The third kappa shape index (κ3) is 4.56. The minimum absolute atomic E-state index is 0.0465. The molecule has 31 heavy (non-hydrogen) atoms. The molecule has 2 aromatic carbocycles. The molecule has 162 valence electrons. The van der Waals surface area contributed by atoms with Gasteiger partial charge in [-0.15, -0.1) is 0 Å². The Morgan fingerprint density at radius 2 is 1.87 bits per heavy atom. The Bertz CT molecular complexity index is 1230. The van der Waals surface area contributed by atoms with E-state index in [0.717, 1.165) is 36.2 Å². The third-order valence-electron chi connectivity index (χ3n) is 5.38. The summed E-state index contributed by atoms with van der Waals surface area (Å²) >= 11 is 0. The van der Waals surface area contributed by atoms with Gasteiger partial charge in [0.05, 0.1) is 5.75 Å². The van der Waals surface area contributed by atoms with Crippen LogP contribution in [0.25, 0.3) is 5.57 Å². The lowest BCUT2D eigenvalue weighted by molar-refractivity contribution is 0.436. The highest BCUT2D eigenvalue weighted by Gasteiger charge is 2.24. The topological polar surface area (TPSA) is 46.6 Å². The van der Waals surface area contributed by atoms with Gasteiger partial charge in [0.2, 0.25) is 0 Å². The Labute approximate surface area is 181 Å². The van der Waals surface area contributed by atoms with Crippen molar-refractivity contribution < 1.29 is 21.9 Å². The molecule has 4 rings (SSSR count). The fraction of sp³-hybridized carbons (Fsp3) is 0.250. The summed E-state index contributed by atoms with van der Waals surface area (Å²) in [6.07, 6.45) is 6.97. The van der Waals surface area contributed by atoms with Crippen LogP contribution in [-0.2, 0) is 15.6 Å². The number of benzene rings is 2. The van der Waals surface area contributed by atoms with Crippen LogP contribution in [0.2, 0.25) is 0 Å². The van der Waals surface area contributed by atoms with Crippen LogP contribution in [0, 0.1) is 11.6 Å². The van der Waals surface area contributed by atoms with Crippen molar-refractivity contribution in [3.8, 4) is 11.5 Å². The highest BCUT2D eigenvalue weighted by Crippen LogP contribution is 2.41. The lowest BCUT2D eigenvalue weighted by atomic mass is 9.92. The zero-order chi connectivity index (χ0) is 22.2. The van der Waals surface area contributed by atoms with Gasteiger partial charge in [-0.25, -0.2) is 17.2 Å². The van der Waals surface area contributed by atoms with Gasteiger partial charge in [0, 0.05) is 42.7 Å². The normalized spacial score (nSPS) is 15.9. The number of hydrogen-bond acceptors (Lipinski definition) is 4. The molecule has 0 radical (unpaired) electrons. The van der Waals surface area contributed by atoms with Gasteiger partial charge in [0.1, 0.15) is 11.6 Å². The van der Waals surface area contributed by atoms with Crippen LogP contribution in [0.5, 0.6) is 11.5 Å². The maximum absolute atomic E-state index is 14.2. The van der Waals surface area contributed by atoms with E-state index in [-0.39, 0.29) is 17.3 Å². The summed E-state index contributed by atoms with van der Waals surface area (Å²) in [5, 5.41) is 0. The largest absolute Gasteiger partial charge is 0.454 e. The standard InChI is InChI=1S/C24H23F2NO3S/c1-3-31(28,29)15-16-7-9-23(30-24-10-8-18(25)12-22(24)26)20(11-16)21-14-27(2)13-17-5-4-6-19(17)21/h4,6-12,14H,3,5,13,15H2,1-2H3. The van der Waals surface area contributed by atoms with Gasteiger partial charge in [0.15, 0.2) is 21.4 Å². The van der Waals surface area contributed by atoms with E-state index in [1.165, 1.54) is 11.6 Å². The van der Waals surface area contributed by atoms with Crippen LogP contribution in [0.15, 0.2) is 65.9 Å². The predicted octanol–water partition coefficient (Wildman–Crippen LogP) is 5.23. The molecule has 0 saturated heterocycles. The lowest BCUT2D eigenvalue weighted by Gasteiger charge is -2.26. The minimum atomic E-state index is -3.23. The zero-order valence-electron chi connectivity index (χ0n) is 17.4. The summed E-state index contributed by atoms with van der Waals surface area (Å²) in [6.45, 7) is 2.42. The van der Waals surface area contributed by atoms with Gasteiger partial charge >= 0.3 is 0 Å². The number of ether oxygens (including phenoxy) is 1. The van der Waals surface area contributed by atoms with Gasteiger partial charge in [-0.2, -0.15) is 0 Å². The maximum Gasteiger partial charge on any atom is 0.168 e. The highest BCUT2D eigenvalue weighted by atomic mass is 32.2. The van der Waals surface area contributed by atoms with Crippen molar-refractivity contribution in [2.75, 3.05) is 19.3 Å². The zero-order valence-corrected chi connectivity index (χ0v) is 18.2. The monoisotopic (exact) mass is 443 g/mol. The molecular weight excluding hydrogens is 420 g/mol. The number of hydrogen-bond donors (Lipinski definition) is 0. The number of nitrogens with zero attached hydrogens (tertiary/aromatic N) is 1. The molecule has 2 aromatic rings. The van der Waals surface area contributed by atoms with E-state index in [1.54, 1.807) is 25.1 Å². The second kappa shape index (κ2) is 8.30. The van der Waals surface area contributed by atoms with Crippen molar-refractivity contribution in [1.82, 2.24) is 4.90 Å². The minimum Gasteiger partial charge on any atom is -0.454 e. The summed E-state index contributed by atoms with van der Waals surface area (Å²) in [4.78, 5) is 2.05. The van der Waals surface area contributed by atoms with Gasteiger partial charge in [-0.3, -0.25) is 0 Å². The predicted molar refractivity (Wildman–Crippen MR) is 117 cm³/mol. The molecule has 0 atom stereocenters. The SMILES string of the molecule is CCS(=O)(=O)Cc1ccc(Oc2ccc(F)cc2F)c(C2=CN(C)CC3=C2C=CC3)c1. The molecule has 0 amide bonds. The van der Waals surface area contributed by atoms with Crippen LogP contribution in [0.3, 0.4) is 0 Å². The van der Waals surface area contributed by atoms with Gasteiger partial charge in [-0.1, -0.05) is 25.1 Å². The Morgan fingerprint density at radius 3 is 2.61 bits per heavy atom. The number of halogens is 2. The highest BCUT2D eigenvalue weighted by molar-refractivity contribution is 7.90. The average molecular weight is 444 g/mol. The number of rotatable bonds is 6. The van der Waals surface area contributed by atoms with Gasteiger partial charge < -0.3 is 9.64 Å². The van der Waals surface area contributed by atoms with Crippen LogP contribution in [-0.4, -0.2) is 32.7 Å². The molecule has 0 N–H and O–H groups in total. The van der Waals surface area contributed by atoms with Crippen LogP contribution >= 0.6 is 0 Å². The van der Waals surface area contributed by atoms with Crippen molar-refractivity contribution in [3.63, 3.8) is 0 Å². The first-order valence-electron chi connectivity index (χ1n) is 10.0. The quantitative estimate of drug-likeness (QED) is 0.613. The van der Waals surface area contributed by atoms with Crippen molar-refractivity contribution in [3.05, 3.63) is 88.7 Å². The third-order valence-corrected chi connectivity index (χ3v) is 7.04. The Kier molecular flexibility index (Phi) is 5.71. The first-order valence-corrected chi connectivity index (χ1v) is 11.9. The van der Waals surface area contributed by atoms with Gasteiger partial charge in [-0.05, 0) is 47.4 Å². The van der Waals surface area contributed by atoms with E-state index < -0.39 is 21.5 Å². The molecule has 0 fully saturated rings. The fourth-order valence-corrected chi connectivity index (χ4v) is 4.72. The Balaban J connectivity index is 1.82. The molecule has 2 aliphatic rings. The molecule has 4 nitrogen and oxygen atoms in total. The Morgan fingerprint density at radius 1 is 1.10 bits per heavy atom. The summed E-state index contributed by atoms with van der Waals surface area (Å²) in [5.41, 5.74) is 4.49. The van der Waals surface area contributed by atoms with Crippen molar-refractivity contribution in [1.29, 1.82) is 0 Å². The smallest absolute Gasteiger partial charge is 0.168 e. The molecule has 1 aliphatic heterocycles. The lowest BCUT2D eigenvalue weighted by Crippen LogP contribution is -2.19. The van der Waals surface area contributed by atoms with E-state index in [0.29, 0.717) is 16.9 Å². The summed E-state index contributed by atoms with van der Waals surface area (Å²) < 4.78 is 57.8. The fourth-order valence-electron chi connectivity index (χ4n) is 3.83. The molecule has 0 bridgehead atoms. The van der Waals surface area contributed by atoms with Crippen LogP contribution < -0.4 is 4.74 Å². The van der Waals surface area contributed by atoms with E-state index in [9.17, 15) is 17.2 Å². The molecule has 7 heteroatoms. The number of likely N-dealkylation sites (N-methyl/N-ethyl adjacent to an activating group) is 1. The number of sulfone groups is 1. The van der Waals surface area contributed by atoms with E-state index in [1.807, 2.05) is 19.3 Å². The van der Waals surface area contributed by atoms with Crippen molar-refractivity contribution in [2.24, 2.45) is 0 Å². The molecule has 0 unspecified atom stereocenters. The van der Waals surface area contributed by atoms with Crippen molar-refractivity contribution >= 4 is 15.4 Å². The molecular formula is C24H23F2NO3S. The first kappa shape index (κ1) is 21.3. The summed E-state index contributed by atoms with van der Waals surface area (Å²) in [5.74, 6) is -1.27. The number of allylic oxidation sites excluding steroid dienone is 4. The molecule has 0 saturated carbocycles. The molecule has 1 heterocycles. The maximum atomic E-state index is 14.2. The van der Waals surface area contributed by atoms with E-state index in [4.69, 9.17) is 4.74 Å². The van der Waals surface area contributed by atoms with Crippen LogP contribution in [0.4, 0.5) is 8.78 Å². The van der Waals surface area contributed by atoms with Crippen LogP contribution in [0.1, 0.15) is 24.5 Å². The molecule has 1 aliphatic carbocycles. The molecule has 0 aromatic heterocycles. The summed E-state index contributed by atoms with van der Waals surface area (Å²) in [6, 6.07) is 8.24. The average Bonchev–Trinajstić information content (AvgIpc) is 3.18. The van der Waals surface area contributed by atoms with Gasteiger partial charge in [0.25, 0.3) is 0 Å². The van der Waals surface area contributed by atoms with E-state index in [2.05, 4.69) is 11.0 Å². The summed E-state index contributed by atoms with van der Waals surface area (Å²) in [7, 11) is -1.26.